The highest BCUT2D eigenvalue weighted by Gasteiger charge is 2.44. The second-order valence-electron chi connectivity index (χ2n) is 5.50. The third-order valence-electron chi connectivity index (χ3n) is 4.56. The van der Waals surface area contributed by atoms with Gasteiger partial charge >= 0.3 is 0 Å². The zero-order chi connectivity index (χ0) is 10.5. The van der Waals surface area contributed by atoms with Crippen LogP contribution in [0.1, 0.15) is 40.5 Å². The van der Waals surface area contributed by atoms with Crippen LogP contribution in [0.5, 0.6) is 0 Å². The predicted octanol–water partition coefficient (Wildman–Crippen LogP) is 4.24. The maximum atomic E-state index is 6.50. The van der Waals surface area contributed by atoms with Crippen LogP contribution >= 0.6 is 11.6 Å². The third-order valence-corrected chi connectivity index (χ3v) is 5.17. The SMILES string of the molecule is CC1=C(C)C2CC(C(C)C)CC1C2Cl. The van der Waals surface area contributed by atoms with Gasteiger partial charge < -0.3 is 0 Å². The molecule has 0 saturated heterocycles. The summed E-state index contributed by atoms with van der Waals surface area (Å²) >= 11 is 6.50. The molecule has 2 unspecified atom stereocenters. The first kappa shape index (κ1) is 10.5. The zero-order valence-corrected chi connectivity index (χ0v) is 10.4. The van der Waals surface area contributed by atoms with Gasteiger partial charge in [0.2, 0.25) is 0 Å². The van der Waals surface area contributed by atoms with Crippen molar-refractivity contribution >= 4 is 11.6 Å². The van der Waals surface area contributed by atoms with Crippen LogP contribution < -0.4 is 0 Å². The zero-order valence-electron chi connectivity index (χ0n) is 9.68. The minimum atomic E-state index is 0.407. The van der Waals surface area contributed by atoms with Gasteiger partial charge in [0.25, 0.3) is 0 Å². The number of halogens is 1. The molecule has 1 saturated carbocycles. The standard InChI is InChI=1S/C13H21Cl/c1-7(2)10-5-11-8(3)9(4)12(6-10)13(11)14/h7,10-13H,5-6H2,1-4H3. The average Bonchev–Trinajstić information content (AvgIpc) is 2.29. The number of fused-ring (bicyclic) bond motifs is 2. The normalized spacial score (nSPS) is 42.4. The smallest absolute Gasteiger partial charge is 0.0466 e. The highest BCUT2D eigenvalue weighted by molar-refractivity contribution is 6.21. The first-order valence-electron chi connectivity index (χ1n) is 5.83. The van der Waals surface area contributed by atoms with Crippen molar-refractivity contribution in [3.05, 3.63) is 11.1 Å². The van der Waals surface area contributed by atoms with Crippen LogP contribution in [-0.4, -0.2) is 5.38 Å². The predicted molar refractivity (Wildman–Crippen MR) is 62.6 cm³/mol. The molecule has 0 aromatic heterocycles. The van der Waals surface area contributed by atoms with Gasteiger partial charge in [0, 0.05) is 5.38 Å². The molecule has 0 amide bonds. The Hall–Kier alpha value is 0.0300. The Kier molecular flexibility index (Phi) is 2.68. The topological polar surface area (TPSA) is 0 Å². The summed E-state index contributed by atoms with van der Waals surface area (Å²) in [6.45, 7) is 9.28. The summed E-state index contributed by atoms with van der Waals surface area (Å²) in [4.78, 5) is 0. The summed E-state index contributed by atoms with van der Waals surface area (Å²) in [5.41, 5.74) is 3.19. The average molecular weight is 213 g/mol. The number of hydrogen-bond acceptors (Lipinski definition) is 0. The number of rotatable bonds is 1. The van der Waals surface area contributed by atoms with E-state index in [1.54, 1.807) is 11.1 Å². The van der Waals surface area contributed by atoms with E-state index in [2.05, 4.69) is 27.7 Å². The van der Waals surface area contributed by atoms with Crippen LogP contribution in [-0.2, 0) is 0 Å². The van der Waals surface area contributed by atoms with Crippen LogP contribution in [0.25, 0.3) is 0 Å². The van der Waals surface area contributed by atoms with Crippen LogP contribution in [0, 0.1) is 23.7 Å². The number of allylic oxidation sites excluding steroid dienone is 2. The molecule has 0 heterocycles. The lowest BCUT2D eigenvalue weighted by atomic mass is 9.73. The maximum Gasteiger partial charge on any atom is 0.0466 e. The lowest BCUT2D eigenvalue weighted by Crippen LogP contribution is -2.31. The van der Waals surface area contributed by atoms with Crippen LogP contribution in [0.4, 0.5) is 0 Å². The van der Waals surface area contributed by atoms with Gasteiger partial charge in [-0.2, -0.15) is 0 Å². The lowest BCUT2D eigenvalue weighted by molar-refractivity contribution is 0.218. The van der Waals surface area contributed by atoms with Gasteiger partial charge in [-0.05, 0) is 50.4 Å². The van der Waals surface area contributed by atoms with E-state index in [0.717, 1.165) is 11.8 Å². The van der Waals surface area contributed by atoms with Crippen LogP contribution in [0.15, 0.2) is 11.1 Å². The molecular formula is C13H21Cl. The molecule has 2 aliphatic rings. The first-order chi connectivity index (χ1) is 6.52. The Morgan fingerprint density at radius 2 is 1.50 bits per heavy atom. The van der Waals surface area contributed by atoms with Crippen molar-refractivity contribution in [2.24, 2.45) is 23.7 Å². The van der Waals surface area contributed by atoms with Gasteiger partial charge in [0.1, 0.15) is 0 Å². The van der Waals surface area contributed by atoms with Crippen molar-refractivity contribution in [3.63, 3.8) is 0 Å². The Labute approximate surface area is 92.7 Å². The van der Waals surface area contributed by atoms with E-state index in [1.807, 2.05) is 0 Å². The van der Waals surface area contributed by atoms with Crippen molar-refractivity contribution in [1.82, 2.24) is 0 Å². The highest BCUT2D eigenvalue weighted by Crippen LogP contribution is 2.51. The molecule has 1 fully saturated rings. The molecule has 80 valence electrons. The Bertz CT molecular complexity index is 242. The van der Waals surface area contributed by atoms with Crippen molar-refractivity contribution in [2.45, 2.75) is 45.9 Å². The second-order valence-corrected chi connectivity index (χ2v) is 6.00. The minimum Gasteiger partial charge on any atom is -0.122 e. The fourth-order valence-electron chi connectivity index (χ4n) is 3.25. The molecule has 2 aliphatic carbocycles. The van der Waals surface area contributed by atoms with Gasteiger partial charge in [0.05, 0.1) is 0 Å². The van der Waals surface area contributed by atoms with Gasteiger partial charge in [-0.3, -0.25) is 0 Å². The molecule has 0 N–H and O–H groups in total. The van der Waals surface area contributed by atoms with E-state index in [-0.39, 0.29) is 0 Å². The van der Waals surface area contributed by atoms with E-state index in [1.165, 1.54) is 12.8 Å². The molecule has 2 bridgehead atoms. The monoisotopic (exact) mass is 212 g/mol. The van der Waals surface area contributed by atoms with E-state index in [0.29, 0.717) is 17.2 Å². The highest BCUT2D eigenvalue weighted by atomic mass is 35.5. The molecule has 2 rings (SSSR count). The molecule has 0 spiro atoms. The van der Waals surface area contributed by atoms with Crippen molar-refractivity contribution in [1.29, 1.82) is 0 Å². The summed E-state index contributed by atoms with van der Waals surface area (Å²) < 4.78 is 0. The first-order valence-corrected chi connectivity index (χ1v) is 6.27. The number of alkyl halides is 1. The molecule has 0 aromatic rings. The minimum absolute atomic E-state index is 0.407. The fourth-order valence-corrected chi connectivity index (χ4v) is 3.83. The molecular weight excluding hydrogens is 192 g/mol. The third kappa shape index (κ3) is 1.43. The van der Waals surface area contributed by atoms with Crippen LogP contribution in [0.2, 0.25) is 0 Å². The Morgan fingerprint density at radius 3 is 1.86 bits per heavy atom. The molecule has 0 nitrogen and oxygen atoms in total. The van der Waals surface area contributed by atoms with Gasteiger partial charge in [-0.1, -0.05) is 25.0 Å². The van der Waals surface area contributed by atoms with Gasteiger partial charge in [-0.25, -0.2) is 0 Å². The van der Waals surface area contributed by atoms with Crippen molar-refractivity contribution in [2.75, 3.05) is 0 Å². The fraction of sp³-hybridized carbons (Fsp3) is 0.846. The summed E-state index contributed by atoms with van der Waals surface area (Å²) in [6, 6.07) is 0. The van der Waals surface area contributed by atoms with Crippen LogP contribution in [0.3, 0.4) is 0 Å². The summed E-state index contributed by atoms with van der Waals surface area (Å²) in [5, 5.41) is 0.407. The summed E-state index contributed by atoms with van der Waals surface area (Å²) in [7, 11) is 0. The largest absolute Gasteiger partial charge is 0.122 e. The Morgan fingerprint density at radius 1 is 1.07 bits per heavy atom. The molecule has 2 atom stereocenters. The molecule has 0 aliphatic heterocycles. The molecule has 0 aromatic carbocycles. The second kappa shape index (κ2) is 3.56. The lowest BCUT2D eigenvalue weighted by Gasteiger charge is -2.35. The van der Waals surface area contributed by atoms with Crippen molar-refractivity contribution < 1.29 is 0 Å². The molecule has 14 heavy (non-hydrogen) atoms. The van der Waals surface area contributed by atoms with Crippen molar-refractivity contribution in [3.8, 4) is 0 Å². The van der Waals surface area contributed by atoms with E-state index < -0.39 is 0 Å². The molecule has 0 radical (unpaired) electrons. The summed E-state index contributed by atoms with van der Waals surface area (Å²) in [6.07, 6.45) is 2.65. The van der Waals surface area contributed by atoms with Gasteiger partial charge in [0.15, 0.2) is 0 Å². The van der Waals surface area contributed by atoms with Gasteiger partial charge in [-0.15, -0.1) is 11.6 Å². The van der Waals surface area contributed by atoms with E-state index in [9.17, 15) is 0 Å². The van der Waals surface area contributed by atoms with E-state index >= 15 is 0 Å². The maximum absolute atomic E-state index is 6.50. The number of hydrogen-bond donors (Lipinski definition) is 0. The molecule has 1 heteroatoms. The van der Waals surface area contributed by atoms with E-state index in [4.69, 9.17) is 11.6 Å². The quantitative estimate of drug-likeness (QED) is 0.451. The summed E-state index contributed by atoms with van der Waals surface area (Å²) in [5.74, 6) is 3.08. The Balaban J connectivity index is 2.21.